The fraction of sp³-hybridized carbons (Fsp3) is 0.400. The highest BCUT2D eigenvalue weighted by molar-refractivity contribution is 7.89. The molecule has 3 N–H and O–H groups in total. The first-order valence-corrected chi connectivity index (χ1v) is 6.57. The highest BCUT2D eigenvalue weighted by Crippen LogP contribution is 2.07. The van der Waals surface area contributed by atoms with E-state index in [1.807, 2.05) is 0 Å². The summed E-state index contributed by atoms with van der Waals surface area (Å²) in [5.41, 5.74) is 0. The normalized spacial score (nSPS) is 19.6. The monoisotopic (exact) mass is 264 g/mol. The van der Waals surface area contributed by atoms with Crippen LogP contribution in [0.15, 0.2) is 29.2 Å². The summed E-state index contributed by atoms with van der Waals surface area (Å²) in [5.74, 6) is -0.614. The van der Waals surface area contributed by atoms with E-state index in [-0.39, 0.29) is 4.90 Å². The third kappa shape index (κ3) is 5.20. The van der Waals surface area contributed by atoms with Crippen LogP contribution < -0.4 is 10.5 Å². The van der Waals surface area contributed by atoms with Crippen molar-refractivity contribution < 1.29 is 17.2 Å². The van der Waals surface area contributed by atoms with E-state index in [1.165, 1.54) is 12.1 Å². The Hall–Kier alpha value is -1.05. The van der Waals surface area contributed by atoms with Crippen LogP contribution in [-0.4, -0.2) is 27.7 Å². The maximum Gasteiger partial charge on any atom is 0.238 e. The number of halogens is 2. The van der Waals surface area contributed by atoms with Gasteiger partial charge in [-0.25, -0.2) is 22.3 Å². The maximum atomic E-state index is 12.4. The van der Waals surface area contributed by atoms with Crippen molar-refractivity contribution in [3.05, 3.63) is 30.1 Å². The maximum absolute atomic E-state index is 12.4. The Kier molecular flexibility index (Phi) is 4.98. The van der Waals surface area contributed by atoms with Crippen LogP contribution in [0, 0.1) is 5.82 Å². The van der Waals surface area contributed by atoms with Crippen LogP contribution >= 0.6 is 0 Å². The van der Waals surface area contributed by atoms with Crippen molar-refractivity contribution in [3.8, 4) is 0 Å². The number of benzene rings is 1. The van der Waals surface area contributed by atoms with Crippen LogP contribution in [0.2, 0.25) is 0 Å². The molecule has 96 valence electrons. The zero-order valence-corrected chi connectivity index (χ0v) is 9.88. The summed E-state index contributed by atoms with van der Waals surface area (Å²) in [6, 6.07) is 4.54. The average molecular weight is 264 g/mol. The Balaban J connectivity index is 0.000000202. The molecule has 1 aliphatic heterocycles. The van der Waals surface area contributed by atoms with Gasteiger partial charge in [0.2, 0.25) is 10.0 Å². The summed E-state index contributed by atoms with van der Waals surface area (Å²) in [7, 11) is -3.77. The Morgan fingerprint density at radius 3 is 2.41 bits per heavy atom. The van der Waals surface area contributed by atoms with Gasteiger partial charge in [0.15, 0.2) is 0 Å². The Bertz CT molecular complexity index is 459. The minimum Gasteiger partial charge on any atom is -0.314 e. The molecule has 0 radical (unpaired) electrons. The first-order chi connectivity index (χ1) is 7.89. The smallest absolute Gasteiger partial charge is 0.238 e. The predicted molar refractivity (Wildman–Crippen MR) is 60.2 cm³/mol. The highest BCUT2D eigenvalue weighted by atomic mass is 32.2. The van der Waals surface area contributed by atoms with Crippen LogP contribution in [0.25, 0.3) is 0 Å². The van der Waals surface area contributed by atoms with Gasteiger partial charge in [-0.15, -0.1) is 0 Å². The van der Waals surface area contributed by atoms with Crippen molar-refractivity contribution in [2.24, 2.45) is 5.14 Å². The van der Waals surface area contributed by atoms with Gasteiger partial charge in [-0.2, -0.15) is 0 Å². The van der Waals surface area contributed by atoms with Crippen molar-refractivity contribution >= 4 is 10.0 Å². The van der Waals surface area contributed by atoms with Gasteiger partial charge in [0.05, 0.1) is 4.90 Å². The quantitative estimate of drug-likeness (QED) is 0.787. The molecule has 0 bridgehead atoms. The topological polar surface area (TPSA) is 72.2 Å². The number of sulfonamides is 1. The Morgan fingerprint density at radius 1 is 1.41 bits per heavy atom. The minimum atomic E-state index is -3.77. The number of primary sulfonamides is 1. The first-order valence-electron chi connectivity index (χ1n) is 5.03. The summed E-state index contributed by atoms with van der Waals surface area (Å²) < 4.78 is 45.4. The van der Waals surface area contributed by atoms with Gasteiger partial charge in [0.1, 0.15) is 12.0 Å². The number of nitrogens with two attached hydrogens (primary N) is 1. The molecular weight excluding hydrogens is 250 g/mol. The standard InChI is InChI=1S/C6H6FNO2S.C4H8FN/c7-5-2-1-3-6(4-5)11(8,9)10;5-4-1-2-6-3-4/h1-4H,(H2,8,9,10);4,6H,1-3H2. The van der Waals surface area contributed by atoms with Gasteiger partial charge in [-0.3, -0.25) is 0 Å². The Labute approximate surface area is 98.9 Å². The zero-order valence-electron chi connectivity index (χ0n) is 9.07. The number of hydrogen-bond acceptors (Lipinski definition) is 3. The number of hydrogen-bond donors (Lipinski definition) is 2. The molecule has 1 atom stereocenters. The molecule has 7 heteroatoms. The van der Waals surface area contributed by atoms with Gasteiger partial charge in [-0.05, 0) is 31.2 Å². The van der Waals surface area contributed by atoms with Gasteiger partial charge < -0.3 is 5.32 Å². The molecule has 0 spiro atoms. The molecule has 1 unspecified atom stereocenters. The molecule has 17 heavy (non-hydrogen) atoms. The van der Waals surface area contributed by atoms with Crippen molar-refractivity contribution in [3.63, 3.8) is 0 Å². The van der Waals surface area contributed by atoms with Gasteiger partial charge in [0, 0.05) is 6.54 Å². The van der Waals surface area contributed by atoms with Crippen LogP contribution in [0.1, 0.15) is 6.42 Å². The SMILES string of the molecule is FC1CCNC1.NS(=O)(=O)c1cccc(F)c1. The lowest BCUT2D eigenvalue weighted by atomic mass is 10.4. The van der Waals surface area contributed by atoms with Gasteiger partial charge in [0.25, 0.3) is 0 Å². The molecule has 2 rings (SSSR count). The molecule has 4 nitrogen and oxygen atoms in total. The molecule has 1 aromatic carbocycles. The molecule has 1 fully saturated rings. The molecule has 1 aromatic rings. The van der Waals surface area contributed by atoms with E-state index < -0.39 is 22.0 Å². The van der Waals surface area contributed by atoms with E-state index in [9.17, 15) is 17.2 Å². The molecule has 0 amide bonds. The molecule has 0 saturated carbocycles. The number of alkyl halides is 1. The fourth-order valence-electron chi connectivity index (χ4n) is 1.26. The van der Waals surface area contributed by atoms with E-state index >= 15 is 0 Å². The summed E-state index contributed by atoms with van der Waals surface area (Å²) >= 11 is 0. The summed E-state index contributed by atoms with van der Waals surface area (Å²) in [6.07, 6.45) is 0.144. The fourth-order valence-corrected chi connectivity index (χ4v) is 1.81. The van der Waals surface area contributed by atoms with Crippen LogP contribution in [-0.2, 0) is 10.0 Å². The third-order valence-corrected chi connectivity index (χ3v) is 3.04. The number of rotatable bonds is 1. The van der Waals surface area contributed by atoms with Crippen molar-refractivity contribution in [1.29, 1.82) is 0 Å². The van der Waals surface area contributed by atoms with E-state index in [1.54, 1.807) is 0 Å². The summed E-state index contributed by atoms with van der Waals surface area (Å²) in [6.45, 7) is 1.43. The molecular formula is C10H14F2N2O2S. The molecule has 0 aromatic heterocycles. The van der Waals surface area contributed by atoms with Crippen LogP contribution in [0.4, 0.5) is 8.78 Å². The second kappa shape index (κ2) is 6.04. The Morgan fingerprint density at radius 2 is 2.12 bits per heavy atom. The van der Waals surface area contributed by atoms with E-state index in [4.69, 9.17) is 5.14 Å². The molecule has 0 aliphatic carbocycles. The van der Waals surface area contributed by atoms with Crippen molar-refractivity contribution in [2.45, 2.75) is 17.5 Å². The van der Waals surface area contributed by atoms with Gasteiger partial charge in [-0.1, -0.05) is 6.07 Å². The molecule has 1 saturated heterocycles. The van der Waals surface area contributed by atoms with E-state index in [2.05, 4.69) is 5.32 Å². The average Bonchev–Trinajstić information content (AvgIpc) is 2.69. The van der Waals surface area contributed by atoms with Gasteiger partial charge >= 0.3 is 0 Å². The second-order valence-electron chi connectivity index (χ2n) is 3.59. The minimum absolute atomic E-state index is 0.211. The second-order valence-corrected chi connectivity index (χ2v) is 5.15. The first kappa shape index (κ1) is 14.0. The summed E-state index contributed by atoms with van der Waals surface area (Å²) in [4.78, 5) is -0.211. The summed E-state index contributed by atoms with van der Waals surface area (Å²) in [5, 5.41) is 7.63. The lowest BCUT2D eigenvalue weighted by molar-refractivity contribution is 0.361. The van der Waals surface area contributed by atoms with Crippen LogP contribution in [0.5, 0.6) is 0 Å². The number of nitrogens with one attached hydrogen (secondary N) is 1. The highest BCUT2D eigenvalue weighted by Gasteiger charge is 2.10. The largest absolute Gasteiger partial charge is 0.314 e. The van der Waals surface area contributed by atoms with Crippen LogP contribution in [0.3, 0.4) is 0 Å². The third-order valence-electron chi connectivity index (χ3n) is 2.12. The van der Waals surface area contributed by atoms with E-state index in [0.29, 0.717) is 13.0 Å². The lowest BCUT2D eigenvalue weighted by Gasteiger charge is -1.95. The van der Waals surface area contributed by atoms with Crippen molar-refractivity contribution in [1.82, 2.24) is 5.32 Å². The lowest BCUT2D eigenvalue weighted by Crippen LogP contribution is -2.11. The van der Waals surface area contributed by atoms with Crippen molar-refractivity contribution in [2.75, 3.05) is 13.1 Å². The molecule has 1 heterocycles. The van der Waals surface area contributed by atoms with E-state index in [0.717, 1.165) is 18.7 Å². The zero-order chi connectivity index (χ0) is 12.9. The molecule has 1 aliphatic rings. The predicted octanol–water partition coefficient (Wildman–Crippen LogP) is 0.791.